The summed E-state index contributed by atoms with van der Waals surface area (Å²) >= 11 is 0. The number of rotatable bonds is 6. The third kappa shape index (κ3) is 4.22. The van der Waals surface area contributed by atoms with Crippen LogP contribution in [0.2, 0.25) is 0 Å². The lowest BCUT2D eigenvalue weighted by Crippen LogP contribution is -2.38. The molecular formula is C19H25FN6. The fourth-order valence-electron chi connectivity index (χ4n) is 3.01. The molecule has 3 aromatic rings. The van der Waals surface area contributed by atoms with Gasteiger partial charge in [0.25, 0.3) is 0 Å². The van der Waals surface area contributed by atoms with Crippen molar-refractivity contribution in [1.29, 1.82) is 0 Å². The first-order chi connectivity index (χ1) is 12.6. The van der Waals surface area contributed by atoms with Gasteiger partial charge in [-0.3, -0.25) is 9.67 Å². The van der Waals surface area contributed by atoms with Crippen LogP contribution in [0.1, 0.15) is 18.1 Å². The average Bonchev–Trinajstić information content (AvgIpc) is 3.20. The summed E-state index contributed by atoms with van der Waals surface area (Å²) in [7, 11) is 3.92. The van der Waals surface area contributed by atoms with Gasteiger partial charge in [-0.2, -0.15) is 5.10 Å². The van der Waals surface area contributed by atoms with Gasteiger partial charge < -0.3 is 15.2 Å². The van der Waals surface area contributed by atoms with Crippen molar-refractivity contribution in [2.24, 2.45) is 12.0 Å². The standard InChI is InChI=1S/C19H25FN6/c1-4-21-19(25(2)12-14-10-24-26(3)13-14)22-8-7-15-11-23-18-6-5-16(20)9-17(15)18/h5-6,9-11,13,23H,4,7-8,12H2,1-3H3,(H,21,22). The van der Waals surface area contributed by atoms with Gasteiger partial charge in [0.05, 0.1) is 6.20 Å². The zero-order valence-electron chi connectivity index (χ0n) is 15.5. The van der Waals surface area contributed by atoms with Crippen LogP contribution in [0.4, 0.5) is 4.39 Å². The van der Waals surface area contributed by atoms with Crippen molar-refractivity contribution in [1.82, 2.24) is 25.0 Å². The Morgan fingerprint density at radius 2 is 2.27 bits per heavy atom. The van der Waals surface area contributed by atoms with Gasteiger partial charge in [0, 0.05) is 62.6 Å². The summed E-state index contributed by atoms with van der Waals surface area (Å²) in [5.41, 5.74) is 3.16. The Bertz CT molecular complexity index is 894. The third-order valence-electron chi connectivity index (χ3n) is 4.25. The highest BCUT2D eigenvalue weighted by atomic mass is 19.1. The molecule has 0 aliphatic heterocycles. The van der Waals surface area contributed by atoms with Crippen molar-refractivity contribution in [2.45, 2.75) is 19.9 Å². The third-order valence-corrected chi connectivity index (χ3v) is 4.25. The number of aromatic amines is 1. The van der Waals surface area contributed by atoms with Gasteiger partial charge in [-0.15, -0.1) is 0 Å². The predicted octanol–water partition coefficient (Wildman–Crippen LogP) is 2.68. The zero-order chi connectivity index (χ0) is 18.5. The molecule has 138 valence electrons. The van der Waals surface area contributed by atoms with E-state index < -0.39 is 0 Å². The second-order valence-corrected chi connectivity index (χ2v) is 6.37. The van der Waals surface area contributed by atoms with Crippen molar-refractivity contribution in [2.75, 3.05) is 20.1 Å². The molecule has 0 spiro atoms. The molecule has 0 bridgehead atoms. The van der Waals surface area contributed by atoms with Gasteiger partial charge in [-0.25, -0.2) is 4.39 Å². The summed E-state index contributed by atoms with van der Waals surface area (Å²) in [6.45, 7) is 4.21. The van der Waals surface area contributed by atoms with E-state index in [1.165, 1.54) is 6.07 Å². The summed E-state index contributed by atoms with van der Waals surface area (Å²) in [6.07, 6.45) is 6.55. The highest BCUT2D eigenvalue weighted by Gasteiger charge is 2.09. The van der Waals surface area contributed by atoms with Crippen molar-refractivity contribution < 1.29 is 4.39 Å². The van der Waals surface area contributed by atoms with E-state index >= 15 is 0 Å². The van der Waals surface area contributed by atoms with Crippen molar-refractivity contribution in [3.05, 3.63) is 53.7 Å². The number of aryl methyl sites for hydroxylation is 1. The molecule has 0 saturated carbocycles. The van der Waals surface area contributed by atoms with Crippen LogP contribution in [-0.2, 0) is 20.0 Å². The minimum absolute atomic E-state index is 0.216. The van der Waals surface area contributed by atoms with Crippen LogP contribution < -0.4 is 5.32 Å². The average molecular weight is 356 g/mol. The van der Waals surface area contributed by atoms with Crippen LogP contribution in [0.5, 0.6) is 0 Å². The van der Waals surface area contributed by atoms with Crippen molar-refractivity contribution in [3.8, 4) is 0 Å². The van der Waals surface area contributed by atoms with E-state index in [0.717, 1.165) is 47.5 Å². The highest BCUT2D eigenvalue weighted by Crippen LogP contribution is 2.19. The number of hydrogen-bond donors (Lipinski definition) is 2. The molecule has 0 radical (unpaired) electrons. The number of H-pyrrole nitrogens is 1. The summed E-state index contributed by atoms with van der Waals surface area (Å²) < 4.78 is 15.3. The Labute approximate surface area is 152 Å². The van der Waals surface area contributed by atoms with Crippen LogP contribution in [0.25, 0.3) is 10.9 Å². The van der Waals surface area contributed by atoms with Crippen LogP contribution in [0.15, 0.2) is 41.8 Å². The van der Waals surface area contributed by atoms with Gasteiger partial charge in [-0.1, -0.05) is 0 Å². The number of fused-ring (bicyclic) bond motifs is 1. The number of halogens is 1. The molecule has 0 aliphatic carbocycles. The number of aliphatic imine (C=N–C) groups is 1. The fourth-order valence-corrected chi connectivity index (χ4v) is 3.01. The monoisotopic (exact) mass is 356 g/mol. The molecule has 0 saturated heterocycles. The van der Waals surface area contributed by atoms with E-state index in [1.54, 1.807) is 16.8 Å². The normalized spacial score (nSPS) is 11.9. The van der Waals surface area contributed by atoms with E-state index in [0.29, 0.717) is 6.54 Å². The molecule has 0 fully saturated rings. The SMILES string of the molecule is CCNC(=NCCc1c[nH]c2ccc(F)cc12)N(C)Cc1cnn(C)c1. The van der Waals surface area contributed by atoms with E-state index in [4.69, 9.17) is 4.99 Å². The molecule has 0 amide bonds. The lowest BCUT2D eigenvalue weighted by molar-refractivity contribution is 0.477. The minimum atomic E-state index is -0.216. The molecule has 0 unspecified atom stereocenters. The van der Waals surface area contributed by atoms with Gasteiger partial charge in [0.2, 0.25) is 0 Å². The van der Waals surface area contributed by atoms with E-state index in [1.807, 2.05) is 32.7 Å². The molecule has 0 aliphatic rings. The quantitative estimate of drug-likeness (QED) is 0.527. The molecule has 7 heteroatoms. The van der Waals surface area contributed by atoms with E-state index in [9.17, 15) is 4.39 Å². The highest BCUT2D eigenvalue weighted by molar-refractivity contribution is 5.83. The minimum Gasteiger partial charge on any atom is -0.361 e. The Morgan fingerprint density at radius 1 is 1.42 bits per heavy atom. The molecule has 26 heavy (non-hydrogen) atoms. The van der Waals surface area contributed by atoms with E-state index in [-0.39, 0.29) is 5.82 Å². The summed E-state index contributed by atoms with van der Waals surface area (Å²) in [4.78, 5) is 9.98. The fraction of sp³-hybridized carbons (Fsp3) is 0.368. The Balaban J connectivity index is 1.67. The largest absolute Gasteiger partial charge is 0.361 e. The first kappa shape index (κ1) is 18.0. The van der Waals surface area contributed by atoms with E-state index in [2.05, 4.69) is 27.2 Å². The maximum atomic E-state index is 13.5. The zero-order valence-corrected chi connectivity index (χ0v) is 15.5. The van der Waals surface area contributed by atoms with Crippen LogP contribution >= 0.6 is 0 Å². The molecule has 2 heterocycles. The molecule has 1 aromatic carbocycles. The molecule has 6 nitrogen and oxygen atoms in total. The first-order valence-electron chi connectivity index (χ1n) is 8.79. The van der Waals surface area contributed by atoms with Gasteiger partial charge in [0.1, 0.15) is 5.82 Å². The van der Waals surface area contributed by atoms with Crippen LogP contribution in [0, 0.1) is 5.82 Å². The second kappa shape index (κ2) is 8.03. The van der Waals surface area contributed by atoms with Gasteiger partial charge in [0.15, 0.2) is 5.96 Å². The van der Waals surface area contributed by atoms with Gasteiger partial charge in [-0.05, 0) is 37.1 Å². The lowest BCUT2D eigenvalue weighted by atomic mass is 10.1. The maximum Gasteiger partial charge on any atom is 0.193 e. The number of hydrogen-bond acceptors (Lipinski definition) is 2. The number of nitrogens with zero attached hydrogens (tertiary/aromatic N) is 4. The molecule has 2 N–H and O–H groups in total. The second-order valence-electron chi connectivity index (χ2n) is 6.37. The predicted molar refractivity (Wildman–Crippen MR) is 103 cm³/mol. The number of nitrogens with one attached hydrogen (secondary N) is 2. The first-order valence-corrected chi connectivity index (χ1v) is 8.79. The Morgan fingerprint density at radius 3 is 3.00 bits per heavy atom. The van der Waals surface area contributed by atoms with Crippen LogP contribution in [-0.4, -0.2) is 45.8 Å². The molecule has 0 atom stereocenters. The molecule has 2 aromatic heterocycles. The molecule has 3 rings (SSSR count). The Kier molecular flexibility index (Phi) is 5.55. The number of benzene rings is 1. The summed E-state index contributed by atoms with van der Waals surface area (Å²) in [6, 6.07) is 4.81. The van der Waals surface area contributed by atoms with Crippen molar-refractivity contribution in [3.63, 3.8) is 0 Å². The molecular weight excluding hydrogens is 331 g/mol. The maximum absolute atomic E-state index is 13.5. The lowest BCUT2D eigenvalue weighted by Gasteiger charge is -2.21. The Hall–Kier alpha value is -2.83. The summed E-state index contributed by atoms with van der Waals surface area (Å²) in [5, 5.41) is 8.44. The number of guanidine groups is 1. The van der Waals surface area contributed by atoms with Crippen molar-refractivity contribution >= 4 is 16.9 Å². The topological polar surface area (TPSA) is 61.2 Å². The summed E-state index contributed by atoms with van der Waals surface area (Å²) in [5.74, 6) is 0.633. The number of aromatic nitrogens is 3. The smallest absolute Gasteiger partial charge is 0.193 e. The van der Waals surface area contributed by atoms with Crippen LogP contribution in [0.3, 0.4) is 0 Å². The van der Waals surface area contributed by atoms with Gasteiger partial charge >= 0.3 is 0 Å².